The Labute approximate surface area is 188 Å². The first-order valence-corrected chi connectivity index (χ1v) is 10.8. The molecular formula is C23H19Cl2N5O. The molecule has 0 aliphatic heterocycles. The number of para-hydroxylation sites is 2. The molecule has 0 fully saturated rings. The molecule has 0 aliphatic rings. The standard InChI is InChI=1S/C23H19Cl2N5O/c1-4-12(2)29-13(3)26-21-19(23(29)31)20-22(28-18-8-6-5-7-17(18)27-20)30(21)14-9-10-15(24)16(25)11-14/h5-12H,4H2,1-3H3/t12-/m0/s1. The van der Waals surface area contributed by atoms with E-state index in [-0.39, 0.29) is 11.6 Å². The van der Waals surface area contributed by atoms with Crippen molar-refractivity contribution in [3.63, 3.8) is 0 Å². The molecule has 156 valence electrons. The maximum atomic E-state index is 13.7. The van der Waals surface area contributed by atoms with Gasteiger partial charge in [-0.2, -0.15) is 0 Å². The molecule has 0 saturated carbocycles. The van der Waals surface area contributed by atoms with Gasteiger partial charge in [-0.3, -0.25) is 13.9 Å². The van der Waals surface area contributed by atoms with Crippen molar-refractivity contribution >= 4 is 56.4 Å². The van der Waals surface area contributed by atoms with Crippen LogP contribution in [0.15, 0.2) is 47.3 Å². The Bertz CT molecular complexity index is 1550. The molecule has 0 radical (unpaired) electrons. The van der Waals surface area contributed by atoms with Crippen LogP contribution < -0.4 is 5.56 Å². The lowest BCUT2D eigenvalue weighted by Gasteiger charge is -2.16. The van der Waals surface area contributed by atoms with Gasteiger partial charge in [-0.15, -0.1) is 0 Å². The number of hydrogen-bond donors (Lipinski definition) is 0. The van der Waals surface area contributed by atoms with Crippen molar-refractivity contribution in [1.82, 2.24) is 24.1 Å². The molecule has 3 aromatic heterocycles. The van der Waals surface area contributed by atoms with E-state index in [1.165, 1.54) is 0 Å². The number of rotatable bonds is 3. The largest absolute Gasteiger partial charge is 0.293 e. The van der Waals surface area contributed by atoms with Gasteiger partial charge >= 0.3 is 0 Å². The van der Waals surface area contributed by atoms with Crippen LogP contribution in [0.4, 0.5) is 0 Å². The van der Waals surface area contributed by atoms with E-state index in [0.717, 1.165) is 17.5 Å². The van der Waals surface area contributed by atoms with Crippen molar-refractivity contribution in [2.45, 2.75) is 33.2 Å². The first kappa shape index (κ1) is 20.0. The third-order valence-electron chi connectivity index (χ3n) is 5.68. The third kappa shape index (κ3) is 3.01. The van der Waals surface area contributed by atoms with Crippen LogP contribution in [0.3, 0.4) is 0 Å². The highest BCUT2D eigenvalue weighted by Crippen LogP contribution is 2.32. The normalized spacial score (nSPS) is 12.8. The third-order valence-corrected chi connectivity index (χ3v) is 6.42. The maximum absolute atomic E-state index is 13.7. The first-order valence-electron chi connectivity index (χ1n) is 10.1. The van der Waals surface area contributed by atoms with Crippen molar-refractivity contribution in [3.8, 4) is 5.69 Å². The summed E-state index contributed by atoms with van der Waals surface area (Å²) in [7, 11) is 0. The molecule has 0 saturated heterocycles. The average Bonchev–Trinajstić information content (AvgIpc) is 3.06. The van der Waals surface area contributed by atoms with Crippen LogP contribution in [0.25, 0.3) is 38.9 Å². The van der Waals surface area contributed by atoms with E-state index in [0.29, 0.717) is 43.8 Å². The molecule has 31 heavy (non-hydrogen) atoms. The van der Waals surface area contributed by atoms with Gasteiger partial charge in [0.2, 0.25) is 0 Å². The molecule has 0 unspecified atom stereocenters. The monoisotopic (exact) mass is 451 g/mol. The fourth-order valence-corrected chi connectivity index (χ4v) is 4.27. The molecular weight excluding hydrogens is 433 g/mol. The zero-order chi connectivity index (χ0) is 21.9. The molecule has 2 aromatic carbocycles. The highest BCUT2D eigenvalue weighted by molar-refractivity contribution is 6.42. The first-order chi connectivity index (χ1) is 14.9. The summed E-state index contributed by atoms with van der Waals surface area (Å²) in [6.45, 7) is 5.91. The van der Waals surface area contributed by atoms with Gasteiger partial charge in [0.25, 0.3) is 5.56 Å². The van der Waals surface area contributed by atoms with Crippen molar-refractivity contribution in [1.29, 1.82) is 0 Å². The Balaban J connectivity index is 2.02. The van der Waals surface area contributed by atoms with Crippen LogP contribution in [0.2, 0.25) is 10.0 Å². The van der Waals surface area contributed by atoms with E-state index in [2.05, 4.69) is 0 Å². The Morgan fingerprint density at radius 1 is 0.968 bits per heavy atom. The zero-order valence-electron chi connectivity index (χ0n) is 17.2. The summed E-state index contributed by atoms with van der Waals surface area (Å²) in [5.74, 6) is 0.639. The second-order valence-corrected chi connectivity index (χ2v) is 8.42. The molecule has 0 N–H and O–H groups in total. The molecule has 0 amide bonds. The Kier molecular flexibility index (Phi) is 4.72. The fourth-order valence-electron chi connectivity index (χ4n) is 3.98. The number of aromatic nitrogens is 5. The summed E-state index contributed by atoms with van der Waals surface area (Å²) >= 11 is 12.4. The summed E-state index contributed by atoms with van der Waals surface area (Å²) in [6, 6.07) is 12.9. The van der Waals surface area contributed by atoms with Crippen LogP contribution in [-0.4, -0.2) is 24.1 Å². The van der Waals surface area contributed by atoms with Gasteiger partial charge in [-0.1, -0.05) is 42.3 Å². The number of nitrogens with zero attached hydrogens (tertiary/aromatic N) is 5. The maximum Gasteiger partial charge on any atom is 0.265 e. The van der Waals surface area contributed by atoms with Crippen LogP contribution in [-0.2, 0) is 0 Å². The highest BCUT2D eigenvalue weighted by atomic mass is 35.5. The topological polar surface area (TPSA) is 65.6 Å². The lowest BCUT2D eigenvalue weighted by Crippen LogP contribution is -2.26. The summed E-state index contributed by atoms with van der Waals surface area (Å²) in [5.41, 5.74) is 3.63. The average molecular weight is 452 g/mol. The van der Waals surface area contributed by atoms with Gasteiger partial charge in [0.05, 0.1) is 26.8 Å². The lowest BCUT2D eigenvalue weighted by atomic mass is 10.2. The summed E-state index contributed by atoms with van der Waals surface area (Å²) in [5, 5.41) is 1.31. The molecule has 0 spiro atoms. The number of benzene rings is 2. The van der Waals surface area contributed by atoms with Gasteiger partial charge in [0, 0.05) is 6.04 Å². The van der Waals surface area contributed by atoms with Crippen molar-refractivity contribution < 1.29 is 0 Å². The van der Waals surface area contributed by atoms with Crippen molar-refractivity contribution in [2.75, 3.05) is 0 Å². The van der Waals surface area contributed by atoms with Crippen molar-refractivity contribution in [2.24, 2.45) is 0 Å². The van der Waals surface area contributed by atoms with E-state index >= 15 is 0 Å². The Morgan fingerprint density at radius 2 is 1.68 bits per heavy atom. The van der Waals surface area contributed by atoms with Crippen LogP contribution in [0.1, 0.15) is 32.1 Å². The van der Waals surface area contributed by atoms with Crippen LogP contribution in [0.5, 0.6) is 0 Å². The molecule has 1 atom stereocenters. The smallest absolute Gasteiger partial charge is 0.265 e. The predicted molar refractivity (Wildman–Crippen MR) is 126 cm³/mol. The minimum atomic E-state index is -0.120. The SMILES string of the molecule is CC[C@H](C)n1c(C)nc2c(c1=O)c1nc3ccccc3nc1n2-c1ccc(Cl)c(Cl)c1. The van der Waals surface area contributed by atoms with E-state index < -0.39 is 0 Å². The molecule has 0 aliphatic carbocycles. The van der Waals surface area contributed by atoms with E-state index in [1.807, 2.05) is 55.7 Å². The lowest BCUT2D eigenvalue weighted by molar-refractivity contribution is 0.497. The Morgan fingerprint density at radius 3 is 2.35 bits per heavy atom. The number of fused-ring (bicyclic) bond motifs is 4. The minimum absolute atomic E-state index is 0.0150. The highest BCUT2D eigenvalue weighted by Gasteiger charge is 2.23. The number of hydrogen-bond acceptors (Lipinski definition) is 4. The molecule has 5 aromatic rings. The number of aryl methyl sites for hydroxylation is 1. The van der Waals surface area contributed by atoms with Gasteiger partial charge in [-0.25, -0.2) is 15.0 Å². The molecule has 8 heteroatoms. The van der Waals surface area contributed by atoms with E-state index in [9.17, 15) is 4.79 Å². The second kappa shape index (κ2) is 7.32. The molecule has 0 bridgehead atoms. The molecule has 3 heterocycles. The summed E-state index contributed by atoms with van der Waals surface area (Å²) < 4.78 is 3.57. The molecule has 6 nitrogen and oxygen atoms in total. The minimum Gasteiger partial charge on any atom is -0.293 e. The van der Waals surface area contributed by atoms with Crippen molar-refractivity contribution in [3.05, 3.63) is 68.7 Å². The summed E-state index contributed by atoms with van der Waals surface area (Å²) in [4.78, 5) is 28.1. The second-order valence-electron chi connectivity index (χ2n) is 7.61. The fraction of sp³-hybridized carbons (Fsp3) is 0.217. The Hall–Kier alpha value is -2.96. The van der Waals surface area contributed by atoms with Crippen LogP contribution >= 0.6 is 23.2 Å². The van der Waals surface area contributed by atoms with Gasteiger partial charge in [0.1, 0.15) is 16.7 Å². The van der Waals surface area contributed by atoms with Gasteiger partial charge < -0.3 is 0 Å². The summed E-state index contributed by atoms with van der Waals surface area (Å²) in [6.07, 6.45) is 0.813. The quantitative estimate of drug-likeness (QED) is 0.344. The van der Waals surface area contributed by atoms with Gasteiger partial charge in [0.15, 0.2) is 11.3 Å². The zero-order valence-corrected chi connectivity index (χ0v) is 18.7. The van der Waals surface area contributed by atoms with Crippen LogP contribution in [0, 0.1) is 6.92 Å². The van der Waals surface area contributed by atoms with Gasteiger partial charge in [-0.05, 0) is 50.6 Å². The molecule has 5 rings (SSSR count). The van der Waals surface area contributed by atoms with E-state index in [1.54, 1.807) is 16.7 Å². The number of halogens is 2. The van der Waals surface area contributed by atoms with E-state index in [4.69, 9.17) is 38.2 Å². The predicted octanol–water partition coefficient (Wildman–Crippen LogP) is 5.87.